The standard InChI is InChI=1S/C25H32BrIN2O5S/c1-6-17-14-20(26)11-10-18(17)8-7-9-23(30)28-21-12-13-22(35(27,32)33)19(15-21)16-29(5)24(31)34-25(2,3)4/h10-15H,6-9,16H2,1-5H3,(H,28,30). The molecule has 2 aromatic carbocycles. The lowest BCUT2D eigenvalue weighted by molar-refractivity contribution is -0.116. The summed E-state index contributed by atoms with van der Waals surface area (Å²) in [7, 11) is -2.03. The fourth-order valence-electron chi connectivity index (χ4n) is 3.51. The molecule has 192 valence electrons. The highest BCUT2D eigenvalue weighted by atomic mass is 127. The van der Waals surface area contributed by atoms with Crippen molar-refractivity contribution in [3.05, 3.63) is 57.6 Å². The molecule has 0 saturated carbocycles. The summed E-state index contributed by atoms with van der Waals surface area (Å²) in [6.45, 7) is 7.40. The van der Waals surface area contributed by atoms with Gasteiger partial charge in [0.15, 0.2) is 0 Å². The fraction of sp³-hybridized carbons (Fsp3) is 0.440. The minimum absolute atomic E-state index is 0.0134. The molecule has 0 spiro atoms. The van der Waals surface area contributed by atoms with Gasteiger partial charge in [-0.15, -0.1) is 0 Å². The van der Waals surface area contributed by atoms with Gasteiger partial charge in [0.05, 0.1) is 32.6 Å². The molecule has 0 aliphatic heterocycles. The maximum absolute atomic E-state index is 12.6. The number of carbonyl (C=O) groups excluding carboxylic acids is 2. The maximum Gasteiger partial charge on any atom is 0.410 e. The van der Waals surface area contributed by atoms with E-state index in [0.29, 0.717) is 24.1 Å². The van der Waals surface area contributed by atoms with Crippen molar-refractivity contribution in [2.45, 2.75) is 70.4 Å². The molecule has 10 heteroatoms. The number of aryl methyl sites for hydroxylation is 2. The highest BCUT2D eigenvalue weighted by Crippen LogP contribution is 2.27. The summed E-state index contributed by atoms with van der Waals surface area (Å²) in [5.41, 5.74) is 2.69. The van der Waals surface area contributed by atoms with Crippen molar-refractivity contribution in [2.75, 3.05) is 12.4 Å². The van der Waals surface area contributed by atoms with Gasteiger partial charge >= 0.3 is 6.09 Å². The van der Waals surface area contributed by atoms with Crippen LogP contribution in [0.15, 0.2) is 45.8 Å². The summed E-state index contributed by atoms with van der Waals surface area (Å²) >= 11 is 4.86. The molecule has 0 heterocycles. The van der Waals surface area contributed by atoms with Gasteiger partial charge in [-0.1, -0.05) is 28.9 Å². The van der Waals surface area contributed by atoms with Gasteiger partial charge in [0.25, 0.3) is 0 Å². The third-order valence-electron chi connectivity index (χ3n) is 5.12. The summed E-state index contributed by atoms with van der Waals surface area (Å²) in [5.74, 6) is -0.156. The van der Waals surface area contributed by atoms with E-state index in [-0.39, 0.29) is 17.3 Å². The van der Waals surface area contributed by atoms with E-state index in [1.165, 1.54) is 50.3 Å². The average molecular weight is 679 g/mol. The summed E-state index contributed by atoms with van der Waals surface area (Å²) in [5, 5.41) is 2.85. The molecule has 2 amide bonds. The highest BCUT2D eigenvalue weighted by Gasteiger charge is 2.23. The van der Waals surface area contributed by atoms with Crippen molar-refractivity contribution in [2.24, 2.45) is 0 Å². The SMILES string of the molecule is CCc1cc(Br)ccc1CCCC(=O)Nc1ccc(S(=O)(=O)I)c(CN(C)C(=O)OC(C)(C)C)c1. The number of hydrogen-bond donors (Lipinski definition) is 1. The Bertz CT molecular complexity index is 1180. The molecule has 1 N–H and O–H groups in total. The second-order valence-corrected chi connectivity index (χ2v) is 15.0. The molecular formula is C25H32BrIN2O5S. The molecule has 0 saturated heterocycles. The van der Waals surface area contributed by atoms with Gasteiger partial charge in [-0.3, -0.25) is 4.79 Å². The molecule has 7 nitrogen and oxygen atoms in total. The molecule has 0 radical (unpaired) electrons. The minimum Gasteiger partial charge on any atom is -0.444 e. The summed E-state index contributed by atoms with van der Waals surface area (Å²) in [6, 6.07) is 10.8. The number of amides is 2. The monoisotopic (exact) mass is 678 g/mol. The van der Waals surface area contributed by atoms with Crippen LogP contribution in [0, 0.1) is 0 Å². The van der Waals surface area contributed by atoms with Crippen LogP contribution in [0.4, 0.5) is 10.5 Å². The summed E-state index contributed by atoms with van der Waals surface area (Å²) in [6.07, 6.45) is 2.17. The van der Waals surface area contributed by atoms with Crippen LogP contribution in [0.3, 0.4) is 0 Å². The van der Waals surface area contributed by atoms with Crippen LogP contribution in [0.1, 0.15) is 57.2 Å². The Morgan fingerprint density at radius 1 is 1.09 bits per heavy atom. The van der Waals surface area contributed by atoms with Crippen LogP contribution >= 0.6 is 37.1 Å². The molecule has 2 aromatic rings. The lowest BCUT2D eigenvalue weighted by Crippen LogP contribution is -2.34. The van der Waals surface area contributed by atoms with E-state index in [1.807, 2.05) is 6.07 Å². The summed E-state index contributed by atoms with van der Waals surface area (Å²) < 4.78 is 31.0. The molecule has 0 unspecified atom stereocenters. The molecule has 0 aromatic heterocycles. The van der Waals surface area contributed by atoms with Crippen molar-refractivity contribution < 1.29 is 22.7 Å². The molecule has 0 aliphatic rings. The smallest absolute Gasteiger partial charge is 0.410 e. The Morgan fingerprint density at radius 3 is 2.37 bits per heavy atom. The zero-order chi connectivity index (χ0) is 26.4. The second kappa shape index (κ2) is 12.5. The first-order valence-electron chi connectivity index (χ1n) is 11.3. The number of nitrogens with zero attached hydrogens (tertiary/aromatic N) is 1. The van der Waals surface area contributed by atoms with Gasteiger partial charge < -0.3 is 15.0 Å². The normalized spacial score (nSPS) is 11.7. The number of halogens is 2. The van der Waals surface area contributed by atoms with E-state index in [4.69, 9.17) is 4.74 Å². The molecule has 0 bridgehead atoms. The third kappa shape index (κ3) is 9.72. The molecule has 2 rings (SSSR count). The number of carbonyl (C=O) groups is 2. The van der Waals surface area contributed by atoms with Gasteiger partial charge in [0.2, 0.25) is 12.9 Å². The predicted molar refractivity (Wildman–Crippen MR) is 150 cm³/mol. The quantitative estimate of drug-likeness (QED) is 0.243. The topological polar surface area (TPSA) is 92.8 Å². The Labute approximate surface area is 228 Å². The van der Waals surface area contributed by atoms with Crippen molar-refractivity contribution in [3.8, 4) is 0 Å². The van der Waals surface area contributed by atoms with Crippen LogP contribution in [-0.4, -0.2) is 38.0 Å². The predicted octanol–water partition coefficient (Wildman–Crippen LogP) is 6.46. The number of benzene rings is 2. The Balaban J connectivity index is 2.09. The van der Waals surface area contributed by atoms with E-state index in [0.717, 1.165) is 17.3 Å². The summed E-state index contributed by atoms with van der Waals surface area (Å²) in [4.78, 5) is 26.3. The van der Waals surface area contributed by atoms with E-state index < -0.39 is 18.7 Å². The van der Waals surface area contributed by atoms with Crippen molar-refractivity contribution in [3.63, 3.8) is 0 Å². The average Bonchev–Trinajstić information content (AvgIpc) is 2.72. The number of hydrogen-bond acceptors (Lipinski definition) is 5. The first-order chi connectivity index (χ1) is 16.2. The van der Waals surface area contributed by atoms with Crippen LogP contribution in [0.25, 0.3) is 0 Å². The first kappa shape index (κ1) is 29.6. The van der Waals surface area contributed by atoms with E-state index in [1.54, 1.807) is 32.9 Å². The molecule has 0 aliphatic carbocycles. The second-order valence-electron chi connectivity index (χ2n) is 9.27. The van der Waals surface area contributed by atoms with Crippen LogP contribution in [-0.2, 0) is 35.9 Å². The Kier molecular flexibility index (Phi) is 10.6. The van der Waals surface area contributed by atoms with Gasteiger partial charge in [-0.2, -0.15) is 0 Å². The zero-order valence-electron chi connectivity index (χ0n) is 20.7. The van der Waals surface area contributed by atoms with Crippen LogP contribution in [0.5, 0.6) is 0 Å². The van der Waals surface area contributed by atoms with E-state index in [2.05, 4.69) is 40.3 Å². The zero-order valence-corrected chi connectivity index (χ0v) is 25.2. The number of ether oxygens (including phenoxy) is 1. The number of rotatable bonds is 9. The molecule has 0 fully saturated rings. The van der Waals surface area contributed by atoms with E-state index >= 15 is 0 Å². The number of nitrogens with one attached hydrogen (secondary N) is 1. The third-order valence-corrected chi connectivity index (χ3v) is 7.96. The number of anilines is 1. The van der Waals surface area contributed by atoms with Crippen molar-refractivity contribution >= 4 is 61.8 Å². The van der Waals surface area contributed by atoms with Gasteiger partial charge in [0, 0.05) is 23.6 Å². The van der Waals surface area contributed by atoms with Gasteiger partial charge in [-0.05, 0) is 87.1 Å². The minimum atomic E-state index is -3.56. The van der Waals surface area contributed by atoms with Gasteiger partial charge in [-0.25, -0.2) is 13.2 Å². The molecule has 0 atom stereocenters. The highest BCUT2D eigenvalue weighted by molar-refractivity contribution is 14.2. The maximum atomic E-state index is 12.6. The lowest BCUT2D eigenvalue weighted by atomic mass is 10.00. The molecule has 35 heavy (non-hydrogen) atoms. The van der Waals surface area contributed by atoms with Crippen LogP contribution < -0.4 is 5.32 Å². The lowest BCUT2D eigenvalue weighted by Gasteiger charge is -2.25. The fourth-order valence-corrected chi connectivity index (χ4v) is 5.87. The molecular weight excluding hydrogens is 647 g/mol. The van der Waals surface area contributed by atoms with Crippen LogP contribution in [0.2, 0.25) is 0 Å². The Hall–Kier alpha value is -1.66. The van der Waals surface area contributed by atoms with E-state index in [9.17, 15) is 18.0 Å². The van der Waals surface area contributed by atoms with Crippen molar-refractivity contribution in [1.29, 1.82) is 0 Å². The largest absolute Gasteiger partial charge is 0.444 e. The van der Waals surface area contributed by atoms with Crippen molar-refractivity contribution in [1.82, 2.24) is 4.90 Å². The Morgan fingerprint density at radius 2 is 1.77 bits per heavy atom. The van der Waals surface area contributed by atoms with Gasteiger partial charge in [0.1, 0.15) is 5.60 Å². The first-order valence-corrected chi connectivity index (χ1v) is 16.1.